The molecule has 0 heterocycles. The summed E-state index contributed by atoms with van der Waals surface area (Å²) >= 11 is -6.50. The van der Waals surface area contributed by atoms with Gasteiger partial charge in [0.25, 0.3) is 0 Å². The minimum atomic E-state index is -6.50. The summed E-state index contributed by atoms with van der Waals surface area (Å²) in [6, 6.07) is 0. The van der Waals surface area contributed by atoms with Crippen LogP contribution in [-0.2, 0) is 14.7 Å². The Morgan fingerprint density at radius 1 is 0.800 bits per heavy atom. The summed E-state index contributed by atoms with van der Waals surface area (Å²) < 4.78 is 39.2. The first kappa shape index (κ1) is 5.24. The quantitative estimate of drug-likeness (QED) is 0.347. The van der Waals surface area contributed by atoms with Crippen LogP contribution in [0.15, 0.2) is 0 Å². The zero-order valence-electron chi connectivity index (χ0n) is 1.87. The predicted molar refractivity (Wildman–Crippen MR) is 4.43 cm³/mol. The van der Waals surface area contributed by atoms with Gasteiger partial charge in [-0.05, 0) is 0 Å². The second-order valence-electron chi connectivity index (χ2n) is 0.303. The number of rotatable bonds is 0. The van der Waals surface area contributed by atoms with Gasteiger partial charge in [0.1, 0.15) is 0 Å². The van der Waals surface area contributed by atoms with Crippen LogP contribution >= 0.6 is 0 Å². The van der Waals surface area contributed by atoms with Crippen molar-refractivity contribution < 1.29 is 28.9 Å². The molecule has 0 aliphatic rings. The summed E-state index contributed by atoms with van der Waals surface area (Å²) in [5, 5.41) is 0. The summed E-state index contributed by atoms with van der Waals surface area (Å²) in [6.45, 7) is 0. The van der Waals surface area contributed by atoms with E-state index in [0.29, 0.717) is 0 Å². The molecule has 0 aliphatic heterocycles. The minimum absolute atomic E-state index is 6.50. The molecule has 5 heavy (non-hydrogen) atoms. The second-order valence-corrected chi connectivity index (χ2v) is 1.25. The third-order valence-electron chi connectivity index (χ3n) is 0. The van der Waals surface area contributed by atoms with Gasteiger partial charge in [-0.25, -0.2) is 0 Å². The van der Waals surface area contributed by atoms with Crippen molar-refractivity contribution in [1.82, 2.24) is 0 Å². The Balaban J connectivity index is 3.02. The van der Waals surface area contributed by atoms with E-state index < -0.39 is 14.7 Å². The van der Waals surface area contributed by atoms with Crippen LogP contribution in [0.1, 0.15) is 0 Å². The van der Waals surface area contributed by atoms with Crippen LogP contribution in [0.25, 0.3) is 0 Å². The molecular formula is F4Fe-. The van der Waals surface area contributed by atoms with Crippen molar-refractivity contribution in [2.24, 2.45) is 0 Å². The second kappa shape index (κ2) is 1.14. The summed E-state index contributed by atoms with van der Waals surface area (Å²) in [6.07, 6.45) is 0. The molecule has 0 aromatic carbocycles. The number of hydrogen-bond acceptors (Lipinski definition) is 0. The van der Waals surface area contributed by atoms with Gasteiger partial charge in [0.2, 0.25) is 0 Å². The Kier molecular flexibility index (Phi) is 1.20. The molecule has 0 saturated carbocycles. The SMILES string of the molecule is [F][Fe-]([F])([F])[F]. The molecule has 0 nitrogen and oxygen atoms in total. The zero-order valence-corrected chi connectivity index (χ0v) is 2.97. The van der Waals surface area contributed by atoms with E-state index in [1.807, 2.05) is 0 Å². The first-order valence-electron chi connectivity index (χ1n) is 0.535. The standard InChI is InChI=1S/4FH.Fe/h4*1H;/q;;;;+3/p-4. The van der Waals surface area contributed by atoms with Crippen LogP contribution in [0.5, 0.6) is 0 Å². The molecule has 37 valence electrons. The molecule has 0 bridgehead atoms. The van der Waals surface area contributed by atoms with Crippen molar-refractivity contribution in [2.45, 2.75) is 0 Å². The topological polar surface area (TPSA) is 0 Å². The van der Waals surface area contributed by atoms with E-state index in [4.69, 9.17) is 0 Å². The van der Waals surface area contributed by atoms with E-state index in [1.165, 1.54) is 0 Å². The van der Waals surface area contributed by atoms with Crippen molar-refractivity contribution in [3.63, 3.8) is 0 Å². The third-order valence-corrected chi connectivity index (χ3v) is 0. The molecular weight excluding hydrogens is 132 g/mol. The van der Waals surface area contributed by atoms with Crippen molar-refractivity contribution in [3.05, 3.63) is 0 Å². The van der Waals surface area contributed by atoms with Gasteiger partial charge in [0.05, 0.1) is 0 Å². The van der Waals surface area contributed by atoms with E-state index in [0.717, 1.165) is 0 Å². The summed E-state index contributed by atoms with van der Waals surface area (Å²) in [5.74, 6) is 0. The monoisotopic (exact) mass is 132 g/mol. The summed E-state index contributed by atoms with van der Waals surface area (Å²) in [7, 11) is 0. The normalized spacial score (nSPS) is 15.2. The number of hydrogen-bond donors (Lipinski definition) is 0. The van der Waals surface area contributed by atoms with Gasteiger partial charge in [0, 0.05) is 0 Å². The van der Waals surface area contributed by atoms with Gasteiger partial charge < -0.3 is 0 Å². The average molecular weight is 132 g/mol. The van der Waals surface area contributed by atoms with E-state index in [1.54, 1.807) is 0 Å². The Hall–Kier alpha value is 0.239. The van der Waals surface area contributed by atoms with Gasteiger partial charge in [-0.15, -0.1) is 0 Å². The summed E-state index contributed by atoms with van der Waals surface area (Å²) in [5.41, 5.74) is 0. The first-order valence-corrected chi connectivity index (χ1v) is 2.20. The molecule has 0 fully saturated rings. The Morgan fingerprint density at radius 2 is 0.800 bits per heavy atom. The van der Waals surface area contributed by atoms with Crippen LogP contribution in [0.2, 0.25) is 0 Å². The molecule has 0 N–H and O–H groups in total. The Morgan fingerprint density at radius 3 is 0.800 bits per heavy atom. The maximum absolute atomic E-state index is 9.81. The number of halogens is 4. The van der Waals surface area contributed by atoms with Gasteiger partial charge in [-0.2, -0.15) is 0 Å². The predicted octanol–water partition coefficient (Wildman–Crippen LogP) is 1.68. The van der Waals surface area contributed by atoms with E-state index in [-0.39, 0.29) is 0 Å². The van der Waals surface area contributed by atoms with Gasteiger partial charge in [0.15, 0.2) is 0 Å². The molecule has 0 saturated heterocycles. The van der Waals surface area contributed by atoms with Crippen LogP contribution < -0.4 is 0 Å². The fourth-order valence-electron chi connectivity index (χ4n) is 0. The van der Waals surface area contributed by atoms with Gasteiger partial charge >= 0.3 is 28.9 Å². The molecule has 0 aromatic rings. The molecule has 0 atom stereocenters. The Bertz CT molecular complexity index is 19.1. The van der Waals surface area contributed by atoms with E-state index >= 15 is 0 Å². The average Bonchev–Trinajstić information content (AvgIpc) is 0.722. The van der Waals surface area contributed by atoms with Crippen molar-refractivity contribution >= 4 is 0 Å². The van der Waals surface area contributed by atoms with Crippen molar-refractivity contribution in [2.75, 3.05) is 0 Å². The maximum atomic E-state index is 9.81. The van der Waals surface area contributed by atoms with Crippen LogP contribution in [0.3, 0.4) is 0 Å². The molecule has 0 rings (SSSR count). The van der Waals surface area contributed by atoms with Crippen molar-refractivity contribution in [1.29, 1.82) is 0 Å². The fourth-order valence-corrected chi connectivity index (χ4v) is 0. The van der Waals surface area contributed by atoms with Crippen LogP contribution in [-0.4, -0.2) is 0 Å². The molecule has 0 aliphatic carbocycles. The molecule has 0 radical (unpaired) electrons. The van der Waals surface area contributed by atoms with Crippen LogP contribution in [0.4, 0.5) is 14.2 Å². The Labute approximate surface area is 29.9 Å². The van der Waals surface area contributed by atoms with Gasteiger partial charge in [-0.1, -0.05) is 0 Å². The van der Waals surface area contributed by atoms with Gasteiger partial charge in [-0.3, -0.25) is 0 Å². The molecule has 0 unspecified atom stereocenters. The molecule has 0 amide bonds. The molecule has 5 heteroatoms. The molecule has 0 spiro atoms. The van der Waals surface area contributed by atoms with Crippen molar-refractivity contribution in [3.8, 4) is 0 Å². The van der Waals surface area contributed by atoms with E-state index in [9.17, 15) is 14.2 Å². The molecule has 0 aromatic heterocycles. The third kappa shape index (κ3) is 371. The van der Waals surface area contributed by atoms with Crippen LogP contribution in [0, 0.1) is 0 Å². The first-order chi connectivity index (χ1) is 2.00. The fraction of sp³-hybridized carbons (Fsp3) is 0. The van der Waals surface area contributed by atoms with E-state index in [2.05, 4.69) is 0 Å². The summed E-state index contributed by atoms with van der Waals surface area (Å²) in [4.78, 5) is 0. The zero-order chi connectivity index (χ0) is 4.50.